The fourth-order valence-corrected chi connectivity index (χ4v) is 10.9. The van der Waals surface area contributed by atoms with Crippen molar-refractivity contribution in [1.82, 2.24) is 9.80 Å². The monoisotopic (exact) mass is 1150 g/mol. The number of hydrogen-bond acceptors (Lipinski definition) is 10. The molecule has 4 aromatic carbocycles. The van der Waals surface area contributed by atoms with Gasteiger partial charge in [0.25, 0.3) is 0 Å². The minimum atomic E-state index is -4.40. The van der Waals surface area contributed by atoms with Crippen molar-refractivity contribution >= 4 is 35.3 Å². The second kappa shape index (κ2) is 29.8. The summed E-state index contributed by atoms with van der Waals surface area (Å²) in [5, 5.41) is 42.1. The molecular formula is C62H74F6N4O10. The fraction of sp³-hybridized carbons (Fsp3) is 0.484. The number of carbonyl (C=O) groups is 4. The lowest BCUT2D eigenvalue weighted by Crippen LogP contribution is -2.49. The van der Waals surface area contributed by atoms with E-state index in [2.05, 4.69) is 34.0 Å². The summed E-state index contributed by atoms with van der Waals surface area (Å²) in [4.78, 5) is 56.4. The largest absolute Gasteiger partial charge is 0.481 e. The summed E-state index contributed by atoms with van der Waals surface area (Å²) in [5.41, 5.74) is 8.26. The lowest BCUT2D eigenvalue weighted by atomic mass is 9.81. The van der Waals surface area contributed by atoms with Crippen LogP contribution in [0.25, 0.3) is 0 Å². The number of nitrogens with zero attached hydrogens (tertiary/aromatic N) is 4. The molecule has 14 nitrogen and oxygen atoms in total. The van der Waals surface area contributed by atoms with Gasteiger partial charge in [-0.2, -0.15) is 26.3 Å². The number of benzene rings is 4. The van der Waals surface area contributed by atoms with Crippen LogP contribution in [0.15, 0.2) is 95.3 Å². The second-order valence-electron chi connectivity index (χ2n) is 21.6. The number of carboxylic acids is 4. The van der Waals surface area contributed by atoms with Crippen LogP contribution >= 0.6 is 0 Å². The maximum absolute atomic E-state index is 13.8. The second-order valence-corrected chi connectivity index (χ2v) is 21.6. The van der Waals surface area contributed by atoms with Crippen molar-refractivity contribution in [2.75, 3.05) is 26.2 Å². The van der Waals surface area contributed by atoms with Crippen LogP contribution in [0.1, 0.15) is 171 Å². The Balaban J connectivity index is 0.000000233. The predicted octanol–water partition coefficient (Wildman–Crippen LogP) is 13.3. The van der Waals surface area contributed by atoms with Crippen molar-refractivity contribution in [1.29, 1.82) is 0 Å². The van der Waals surface area contributed by atoms with Crippen LogP contribution in [-0.2, 0) is 80.4 Å². The van der Waals surface area contributed by atoms with Gasteiger partial charge >= 0.3 is 36.2 Å². The molecule has 8 rings (SSSR count). The summed E-state index contributed by atoms with van der Waals surface area (Å²) in [6, 6.07) is 21.2. The molecule has 0 atom stereocenters. The molecule has 20 heteroatoms. The molecule has 2 saturated heterocycles. The minimum Gasteiger partial charge on any atom is -0.481 e. The molecule has 4 aliphatic rings. The average Bonchev–Trinajstić information content (AvgIpc) is 3.48. The van der Waals surface area contributed by atoms with Gasteiger partial charge in [-0.25, -0.2) is 9.59 Å². The van der Waals surface area contributed by atoms with E-state index < -0.39 is 47.4 Å². The molecule has 4 aromatic rings. The van der Waals surface area contributed by atoms with E-state index in [0.29, 0.717) is 85.1 Å². The van der Waals surface area contributed by atoms with Crippen molar-refractivity contribution < 1.29 is 75.6 Å². The zero-order valence-electron chi connectivity index (χ0n) is 46.8. The summed E-state index contributed by atoms with van der Waals surface area (Å²) < 4.78 is 82.9. The van der Waals surface area contributed by atoms with E-state index in [9.17, 15) is 45.5 Å². The fourth-order valence-electron chi connectivity index (χ4n) is 10.9. The third-order valence-corrected chi connectivity index (χ3v) is 15.6. The molecule has 2 heterocycles. The Morgan fingerprint density at radius 3 is 1.18 bits per heavy atom. The average molecular weight is 1150 g/mol. The van der Waals surface area contributed by atoms with E-state index in [-0.39, 0.29) is 36.9 Å². The van der Waals surface area contributed by atoms with Crippen LogP contribution in [-0.4, -0.2) is 91.7 Å². The number of hydrogen-bond donors (Lipinski definition) is 4. The maximum Gasteiger partial charge on any atom is 0.416 e. The number of rotatable bonds is 20. The van der Waals surface area contributed by atoms with Gasteiger partial charge < -0.3 is 30.1 Å². The first kappa shape index (κ1) is 64.1. The third kappa shape index (κ3) is 18.7. The summed E-state index contributed by atoms with van der Waals surface area (Å²) in [6.07, 6.45) is 3.28. The molecular weight excluding hydrogens is 1070 g/mol. The molecule has 0 aromatic heterocycles. The number of aryl methyl sites for hydroxylation is 2. The van der Waals surface area contributed by atoms with Gasteiger partial charge in [-0.05, 0) is 144 Å². The van der Waals surface area contributed by atoms with E-state index in [1.54, 1.807) is 24.3 Å². The third-order valence-electron chi connectivity index (χ3n) is 15.6. The van der Waals surface area contributed by atoms with Crippen molar-refractivity contribution in [2.45, 2.75) is 155 Å². The Bertz CT molecular complexity index is 2740. The molecule has 2 aliphatic heterocycles. The normalized spacial score (nSPS) is 17.2. The van der Waals surface area contributed by atoms with E-state index in [1.807, 2.05) is 50.2 Å². The molecule has 0 radical (unpaired) electrons. The van der Waals surface area contributed by atoms with Crippen molar-refractivity contribution in [3.63, 3.8) is 0 Å². The predicted molar refractivity (Wildman–Crippen MR) is 297 cm³/mol. The zero-order chi connectivity index (χ0) is 59.7. The number of halogens is 6. The van der Waals surface area contributed by atoms with Crippen LogP contribution < -0.4 is 0 Å². The topological polar surface area (TPSA) is 199 Å². The van der Waals surface area contributed by atoms with Gasteiger partial charge in [0.2, 0.25) is 0 Å². The highest BCUT2D eigenvalue weighted by Gasteiger charge is 2.38. The molecule has 0 bridgehead atoms. The Labute approximate surface area is 474 Å². The van der Waals surface area contributed by atoms with Gasteiger partial charge in [0.15, 0.2) is 0 Å². The van der Waals surface area contributed by atoms with Crippen molar-refractivity contribution in [3.8, 4) is 0 Å². The highest BCUT2D eigenvalue weighted by Crippen LogP contribution is 2.43. The molecule has 0 unspecified atom stereocenters. The number of oxime groups is 2. The maximum atomic E-state index is 13.8. The molecule has 0 spiro atoms. The van der Waals surface area contributed by atoms with Crippen molar-refractivity contribution in [3.05, 3.63) is 152 Å². The van der Waals surface area contributed by atoms with Gasteiger partial charge in [-0.15, -0.1) is 0 Å². The molecule has 444 valence electrons. The standard InChI is InChI=1S/2C29H35F3N2O3.C4H4O4/c2*1-3-21-14-23(10-11-24(21)15-34-16-25(17-34)28(35)36)19(2)33-37-18-20-9-12-26(22-7-5-4-6-8-22)27(13-20)29(30,31)32;5-3(6)1-2-4(7)8/h2*9-14,22,25H,3-8,15-18H2,1-2H3,(H,35,36);1-2H,(H,5,6)(H,7,8)/b;;2-1+. The van der Waals surface area contributed by atoms with Crippen LogP contribution in [0.4, 0.5) is 26.3 Å². The Morgan fingerprint density at radius 2 is 0.878 bits per heavy atom. The molecule has 4 fully saturated rings. The van der Waals surface area contributed by atoms with E-state index in [1.165, 1.54) is 12.1 Å². The summed E-state index contributed by atoms with van der Waals surface area (Å²) >= 11 is 0. The number of aliphatic carboxylic acids is 4. The van der Waals surface area contributed by atoms with Crippen LogP contribution in [0, 0.1) is 11.8 Å². The number of carboxylic acid groups (broad SMARTS) is 4. The van der Waals surface area contributed by atoms with E-state index >= 15 is 0 Å². The summed E-state index contributed by atoms with van der Waals surface area (Å²) in [5.74, 6) is -4.64. The lowest BCUT2D eigenvalue weighted by molar-refractivity contribution is -0.148. The highest BCUT2D eigenvalue weighted by molar-refractivity contribution is 5.99. The summed E-state index contributed by atoms with van der Waals surface area (Å²) in [7, 11) is 0. The number of likely N-dealkylation sites (tertiary alicyclic amines) is 2. The van der Waals surface area contributed by atoms with Crippen LogP contribution in [0.2, 0.25) is 0 Å². The quantitative estimate of drug-likeness (QED) is 0.0283. The van der Waals surface area contributed by atoms with Crippen LogP contribution in [0.5, 0.6) is 0 Å². The van der Waals surface area contributed by atoms with Crippen LogP contribution in [0.3, 0.4) is 0 Å². The minimum absolute atomic E-state index is 0.0315. The molecule has 82 heavy (non-hydrogen) atoms. The van der Waals surface area contributed by atoms with Gasteiger partial charge in [0.05, 0.1) is 34.4 Å². The Kier molecular flexibility index (Phi) is 23.3. The lowest BCUT2D eigenvalue weighted by Gasteiger charge is -2.37. The van der Waals surface area contributed by atoms with Gasteiger partial charge in [-0.1, -0.05) is 111 Å². The molecule has 2 aliphatic carbocycles. The summed E-state index contributed by atoms with van der Waals surface area (Å²) in [6.45, 7) is 11.3. The first-order valence-corrected chi connectivity index (χ1v) is 28.0. The first-order chi connectivity index (χ1) is 38.9. The van der Waals surface area contributed by atoms with E-state index in [4.69, 9.17) is 30.1 Å². The molecule has 0 amide bonds. The van der Waals surface area contributed by atoms with Gasteiger partial charge in [0, 0.05) is 51.4 Å². The Hall–Kier alpha value is -7.06. The number of alkyl halides is 6. The van der Waals surface area contributed by atoms with Gasteiger partial charge in [-0.3, -0.25) is 19.4 Å². The smallest absolute Gasteiger partial charge is 0.416 e. The Morgan fingerprint density at radius 1 is 0.524 bits per heavy atom. The van der Waals surface area contributed by atoms with Crippen molar-refractivity contribution in [2.24, 2.45) is 22.1 Å². The van der Waals surface area contributed by atoms with E-state index in [0.717, 1.165) is 110 Å². The van der Waals surface area contributed by atoms with Gasteiger partial charge in [0.1, 0.15) is 13.2 Å². The highest BCUT2D eigenvalue weighted by atomic mass is 19.4. The molecule has 4 N–H and O–H groups in total. The first-order valence-electron chi connectivity index (χ1n) is 28.0. The molecule has 2 saturated carbocycles. The SMILES string of the molecule is CCc1cc(C(C)=NOCc2ccc(C3CCCCC3)c(C(F)(F)F)c2)ccc1CN1CC(C(=O)O)C1.CCc1cc(C(C)=NOCc2ccc(C3CCCCC3)c(C(F)(F)F)c2)ccc1CN1CC(C(=O)O)C1.O=C(O)/C=C/C(=O)O. The zero-order valence-corrected chi connectivity index (χ0v) is 46.8.